The first-order valence-electron chi connectivity index (χ1n) is 6.01. The van der Waals surface area contributed by atoms with Gasteiger partial charge in [-0.25, -0.2) is 8.42 Å². The fraction of sp³-hybridized carbons (Fsp3) is 0.500. The first kappa shape index (κ1) is 15.4. The molecule has 19 heavy (non-hydrogen) atoms. The third kappa shape index (κ3) is 3.39. The van der Waals surface area contributed by atoms with Gasteiger partial charge in [-0.05, 0) is 52.9 Å². The SMILES string of the molecule is O=S(=O)(c1cc(Br)ccc1Br)N1CCC(CCO)C1. The van der Waals surface area contributed by atoms with Crippen molar-refractivity contribution >= 4 is 41.9 Å². The van der Waals surface area contributed by atoms with Gasteiger partial charge in [-0.15, -0.1) is 0 Å². The third-order valence-corrected chi connectivity index (χ3v) is 6.65. The van der Waals surface area contributed by atoms with Crippen molar-refractivity contribution in [3.8, 4) is 0 Å². The molecule has 0 bridgehead atoms. The molecule has 0 radical (unpaired) electrons. The zero-order valence-electron chi connectivity index (χ0n) is 10.2. The highest BCUT2D eigenvalue weighted by Gasteiger charge is 2.33. The minimum atomic E-state index is -3.47. The van der Waals surface area contributed by atoms with E-state index in [1.54, 1.807) is 18.2 Å². The maximum atomic E-state index is 12.6. The third-order valence-electron chi connectivity index (χ3n) is 3.30. The molecule has 0 saturated carbocycles. The molecule has 1 N–H and O–H groups in total. The molecule has 7 heteroatoms. The van der Waals surface area contributed by atoms with Gasteiger partial charge in [0.15, 0.2) is 0 Å². The quantitative estimate of drug-likeness (QED) is 0.826. The Balaban J connectivity index is 2.26. The number of hydrogen-bond acceptors (Lipinski definition) is 3. The van der Waals surface area contributed by atoms with Crippen LogP contribution < -0.4 is 0 Å². The first-order chi connectivity index (χ1) is 8.95. The molecule has 4 nitrogen and oxygen atoms in total. The Kier molecular flexibility index (Phi) is 5.05. The number of halogens is 2. The van der Waals surface area contributed by atoms with Crippen molar-refractivity contribution < 1.29 is 13.5 Å². The number of sulfonamides is 1. The van der Waals surface area contributed by atoms with E-state index >= 15 is 0 Å². The normalized spacial score (nSPS) is 20.9. The number of rotatable bonds is 4. The van der Waals surface area contributed by atoms with Crippen molar-refractivity contribution in [1.82, 2.24) is 4.31 Å². The number of benzene rings is 1. The van der Waals surface area contributed by atoms with E-state index in [-0.39, 0.29) is 17.4 Å². The van der Waals surface area contributed by atoms with E-state index < -0.39 is 10.0 Å². The molecule has 2 rings (SSSR count). The molecule has 1 unspecified atom stereocenters. The minimum Gasteiger partial charge on any atom is -0.396 e. The van der Waals surface area contributed by atoms with E-state index in [9.17, 15) is 8.42 Å². The predicted octanol–water partition coefficient (Wildman–Crippen LogP) is 2.60. The van der Waals surface area contributed by atoms with E-state index in [2.05, 4.69) is 31.9 Å². The smallest absolute Gasteiger partial charge is 0.244 e. The molecule has 1 saturated heterocycles. The van der Waals surface area contributed by atoms with Gasteiger partial charge in [0.1, 0.15) is 0 Å². The number of aliphatic hydroxyl groups is 1. The van der Waals surface area contributed by atoms with Crippen molar-refractivity contribution in [2.24, 2.45) is 5.92 Å². The fourth-order valence-corrected chi connectivity index (χ4v) is 5.24. The maximum absolute atomic E-state index is 12.6. The summed E-state index contributed by atoms with van der Waals surface area (Å²) >= 11 is 6.59. The Morgan fingerprint density at radius 1 is 1.37 bits per heavy atom. The molecule has 0 amide bonds. The molecule has 1 atom stereocenters. The Morgan fingerprint density at radius 3 is 2.79 bits per heavy atom. The lowest BCUT2D eigenvalue weighted by Gasteiger charge is -2.17. The fourth-order valence-electron chi connectivity index (χ4n) is 2.25. The van der Waals surface area contributed by atoms with Gasteiger partial charge < -0.3 is 5.11 Å². The van der Waals surface area contributed by atoms with Crippen molar-refractivity contribution in [2.45, 2.75) is 17.7 Å². The van der Waals surface area contributed by atoms with Gasteiger partial charge in [0.05, 0.1) is 4.90 Å². The first-order valence-corrected chi connectivity index (χ1v) is 9.04. The second-order valence-corrected chi connectivity index (χ2v) is 8.28. The summed E-state index contributed by atoms with van der Waals surface area (Å²) in [4.78, 5) is 0.284. The van der Waals surface area contributed by atoms with E-state index in [0.29, 0.717) is 24.0 Å². The number of aliphatic hydroxyl groups excluding tert-OH is 1. The Bertz CT molecular complexity index is 562. The number of nitrogens with zero attached hydrogens (tertiary/aromatic N) is 1. The van der Waals surface area contributed by atoms with Gasteiger partial charge in [0.2, 0.25) is 10.0 Å². The molecule has 0 aromatic heterocycles. The lowest BCUT2D eigenvalue weighted by molar-refractivity contribution is 0.259. The highest BCUT2D eigenvalue weighted by atomic mass is 79.9. The van der Waals surface area contributed by atoms with Gasteiger partial charge in [-0.2, -0.15) is 4.31 Å². The Morgan fingerprint density at radius 2 is 2.11 bits per heavy atom. The van der Waals surface area contributed by atoms with Crippen LogP contribution in [-0.4, -0.2) is 37.5 Å². The van der Waals surface area contributed by atoms with Crippen molar-refractivity contribution in [3.63, 3.8) is 0 Å². The van der Waals surface area contributed by atoms with E-state index in [1.807, 2.05) is 0 Å². The molecule has 1 aromatic rings. The second-order valence-electron chi connectivity index (χ2n) is 4.60. The number of hydrogen-bond donors (Lipinski definition) is 1. The highest BCUT2D eigenvalue weighted by Crippen LogP contribution is 2.31. The van der Waals surface area contributed by atoms with E-state index in [4.69, 9.17) is 5.11 Å². The van der Waals surface area contributed by atoms with Crippen LogP contribution in [0.2, 0.25) is 0 Å². The highest BCUT2D eigenvalue weighted by molar-refractivity contribution is 9.11. The molecule has 1 aromatic carbocycles. The van der Waals surface area contributed by atoms with Gasteiger partial charge in [-0.1, -0.05) is 15.9 Å². The van der Waals surface area contributed by atoms with Crippen LogP contribution in [0.5, 0.6) is 0 Å². The molecule has 1 aliphatic heterocycles. The second kappa shape index (κ2) is 6.22. The molecule has 1 heterocycles. The maximum Gasteiger partial charge on any atom is 0.244 e. The zero-order valence-corrected chi connectivity index (χ0v) is 14.2. The van der Waals surface area contributed by atoms with Crippen LogP contribution in [0.25, 0.3) is 0 Å². The summed E-state index contributed by atoms with van der Waals surface area (Å²) in [5.74, 6) is 0.255. The van der Waals surface area contributed by atoms with Crippen molar-refractivity contribution in [2.75, 3.05) is 19.7 Å². The predicted molar refractivity (Wildman–Crippen MR) is 80.4 cm³/mol. The molecule has 1 fully saturated rings. The molecule has 1 aliphatic rings. The van der Waals surface area contributed by atoms with E-state index in [1.165, 1.54) is 4.31 Å². The molecular weight excluding hydrogens is 398 g/mol. The lowest BCUT2D eigenvalue weighted by Crippen LogP contribution is -2.29. The summed E-state index contributed by atoms with van der Waals surface area (Å²) in [6.45, 7) is 1.12. The molecule has 0 spiro atoms. The summed E-state index contributed by atoms with van der Waals surface area (Å²) in [5, 5.41) is 8.93. The van der Waals surface area contributed by atoms with E-state index in [0.717, 1.165) is 10.9 Å². The van der Waals surface area contributed by atoms with Crippen LogP contribution in [0.1, 0.15) is 12.8 Å². The Hall–Kier alpha value is 0.0500. The average Bonchev–Trinajstić information content (AvgIpc) is 2.82. The summed E-state index contributed by atoms with van der Waals surface area (Å²) in [6, 6.07) is 5.12. The van der Waals surface area contributed by atoms with Crippen molar-refractivity contribution in [3.05, 3.63) is 27.1 Å². The van der Waals surface area contributed by atoms with Gasteiger partial charge in [0.25, 0.3) is 0 Å². The topological polar surface area (TPSA) is 57.6 Å². The van der Waals surface area contributed by atoms with Crippen LogP contribution in [0.15, 0.2) is 32.0 Å². The molecule has 0 aliphatic carbocycles. The lowest BCUT2D eigenvalue weighted by atomic mass is 10.1. The van der Waals surface area contributed by atoms with Gasteiger partial charge in [-0.3, -0.25) is 0 Å². The minimum absolute atomic E-state index is 0.110. The summed E-state index contributed by atoms with van der Waals surface area (Å²) in [6.07, 6.45) is 1.47. The average molecular weight is 413 g/mol. The van der Waals surface area contributed by atoms with Crippen LogP contribution in [-0.2, 0) is 10.0 Å². The molecular formula is C12H15Br2NO3S. The molecule has 106 valence electrons. The monoisotopic (exact) mass is 411 g/mol. The van der Waals surface area contributed by atoms with Gasteiger partial charge >= 0.3 is 0 Å². The van der Waals surface area contributed by atoms with Crippen LogP contribution in [0.4, 0.5) is 0 Å². The summed E-state index contributed by atoms with van der Waals surface area (Å²) in [7, 11) is -3.47. The standard InChI is InChI=1S/C12H15Br2NO3S/c13-10-1-2-11(14)12(7-10)19(17,18)15-5-3-9(8-15)4-6-16/h1-2,7,9,16H,3-6,8H2. The zero-order chi connectivity index (χ0) is 14.0. The van der Waals surface area contributed by atoms with Crippen LogP contribution in [0, 0.1) is 5.92 Å². The van der Waals surface area contributed by atoms with Crippen LogP contribution in [0.3, 0.4) is 0 Å². The largest absolute Gasteiger partial charge is 0.396 e. The summed E-state index contributed by atoms with van der Waals surface area (Å²) in [5.41, 5.74) is 0. The Labute approximate surface area is 130 Å². The van der Waals surface area contributed by atoms with Crippen LogP contribution >= 0.6 is 31.9 Å². The van der Waals surface area contributed by atoms with Crippen molar-refractivity contribution in [1.29, 1.82) is 0 Å². The van der Waals surface area contributed by atoms with Gasteiger partial charge in [0, 0.05) is 28.6 Å². The summed E-state index contributed by atoms with van der Waals surface area (Å²) < 4.78 is 27.9.